The molecule has 8 nitrogen and oxygen atoms in total. The number of aromatic nitrogens is 4. The first-order chi connectivity index (χ1) is 10.8. The Morgan fingerprint density at radius 3 is 2.61 bits per heavy atom. The molecule has 1 heterocycles. The number of anilines is 1. The van der Waals surface area contributed by atoms with Crippen LogP contribution in [0.3, 0.4) is 0 Å². The highest BCUT2D eigenvalue weighted by molar-refractivity contribution is 5.97. The molecular weight excluding hydrogens is 296 g/mol. The molecule has 0 saturated heterocycles. The largest absolute Gasteiger partial charge is 0.344 e. The molecule has 0 aliphatic carbocycles. The van der Waals surface area contributed by atoms with E-state index in [1.807, 2.05) is 6.07 Å². The molecule has 2 rings (SSSR count). The summed E-state index contributed by atoms with van der Waals surface area (Å²) in [6, 6.07) is 6.46. The maximum atomic E-state index is 12.2. The van der Waals surface area contributed by atoms with Gasteiger partial charge in [0.15, 0.2) is 0 Å². The van der Waals surface area contributed by atoms with E-state index in [0.717, 1.165) is 5.69 Å². The summed E-state index contributed by atoms with van der Waals surface area (Å²) in [7, 11) is 0. The van der Waals surface area contributed by atoms with Gasteiger partial charge in [-0.1, -0.05) is 26.8 Å². The van der Waals surface area contributed by atoms with Crippen molar-refractivity contribution >= 4 is 17.5 Å². The van der Waals surface area contributed by atoms with Crippen LogP contribution in [-0.4, -0.2) is 38.1 Å². The number of hydrogen-bond acceptors (Lipinski definition) is 5. The van der Waals surface area contributed by atoms with Gasteiger partial charge in [-0.3, -0.25) is 9.59 Å². The maximum Gasteiger partial charge on any atom is 0.246 e. The smallest absolute Gasteiger partial charge is 0.246 e. The van der Waals surface area contributed by atoms with Crippen LogP contribution < -0.4 is 10.6 Å². The number of benzene rings is 1. The summed E-state index contributed by atoms with van der Waals surface area (Å²) in [5.74, 6) is -0.473. The lowest BCUT2D eigenvalue weighted by atomic mass is 9.95. The zero-order valence-corrected chi connectivity index (χ0v) is 13.6. The van der Waals surface area contributed by atoms with E-state index in [-0.39, 0.29) is 11.8 Å². The minimum atomic E-state index is -0.640. The molecule has 2 aromatic rings. The molecule has 0 aliphatic heterocycles. The fraction of sp³-hybridized carbons (Fsp3) is 0.400. The van der Waals surface area contributed by atoms with E-state index in [1.165, 1.54) is 11.0 Å². The topological polar surface area (TPSA) is 102 Å². The first-order valence-corrected chi connectivity index (χ1v) is 7.22. The van der Waals surface area contributed by atoms with Gasteiger partial charge < -0.3 is 10.6 Å². The molecule has 0 bridgehead atoms. The summed E-state index contributed by atoms with van der Waals surface area (Å²) < 4.78 is 1.49. The summed E-state index contributed by atoms with van der Waals surface area (Å²) in [5, 5.41) is 16.4. The van der Waals surface area contributed by atoms with E-state index < -0.39 is 11.5 Å². The Morgan fingerprint density at radius 2 is 2.00 bits per heavy atom. The van der Waals surface area contributed by atoms with Crippen molar-refractivity contribution in [2.24, 2.45) is 5.41 Å². The highest BCUT2D eigenvalue weighted by atomic mass is 16.2. The summed E-state index contributed by atoms with van der Waals surface area (Å²) in [6.07, 6.45) is 1.47. The lowest BCUT2D eigenvalue weighted by Crippen LogP contribution is -2.46. The quantitative estimate of drug-likeness (QED) is 0.881. The lowest BCUT2D eigenvalue weighted by Gasteiger charge is -2.21. The predicted octanol–water partition coefficient (Wildman–Crippen LogP) is 1.15. The standard InChI is InChI=1S/C15H20N6O2/c1-10(17-14(23)15(2,3)4)13(22)18-11-6-5-7-12(8-11)21-9-16-19-20-21/h5-10H,1-4H3,(H,17,23)(H,18,22). The third kappa shape index (κ3) is 4.35. The van der Waals surface area contributed by atoms with Gasteiger partial charge in [-0.2, -0.15) is 0 Å². The van der Waals surface area contributed by atoms with Gasteiger partial charge in [-0.05, 0) is 35.5 Å². The third-order valence-electron chi connectivity index (χ3n) is 3.15. The molecule has 2 N–H and O–H groups in total. The van der Waals surface area contributed by atoms with Crippen molar-refractivity contribution in [3.05, 3.63) is 30.6 Å². The monoisotopic (exact) mass is 316 g/mol. The highest BCUT2D eigenvalue weighted by Gasteiger charge is 2.25. The Balaban J connectivity index is 2.03. The molecule has 2 amide bonds. The fourth-order valence-electron chi connectivity index (χ4n) is 1.73. The van der Waals surface area contributed by atoms with Crippen LogP contribution in [0.2, 0.25) is 0 Å². The van der Waals surface area contributed by atoms with E-state index in [2.05, 4.69) is 26.2 Å². The van der Waals surface area contributed by atoms with Gasteiger partial charge in [0.05, 0.1) is 5.69 Å². The van der Waals surface area contributed by atoms with Crippen LogP contribution in [0.25, 0.3) is 5.69 Å². The second-order valence-corrected chi connectivity index (χ2v) is 6.24. The SMILES string of the molecule is CC(NC(=O)C(C)(C)C)C(=O)Nc1cccc(-n2cnnn2)c1. The van der Waals surface area contributed by atoms with Crippen LogP contribution in [0.5, 0.6) is 0 Å². The van der Waals surface area contributed by atoms with Crippen molar-refractivity contribution in [2.45, 2.75) is 33.7 Å². The van der Waals surface area contributed by atoms with Crippen molar-refractivity contribution in [3.8, 4) is 5.69 Å². The number of amides is 2. The molecule has 23 heavy (non-hydrogen) atoms. The number of carbonyl (C=O) groups excluding carboxylic acids is 2. The predicted molar refractivity (Wildman–Crippen MR) is 84.8 cm³/mol. The summed E-state index contributed by atoms with van der Waals surface area (Å²) in [6.45, 7) is 7.03. The van der Waals surface area contributed by atoms with Gasteiger partial charge in [0.25, 0.3) is 0 Å². The van der Waals surface area contributed by atoms with Crippen LogP contribution in [0.1, 0.15) is 27.7 Å². The average Bonchev–Trinajstić information content (AvgIpc) is 3.00. The number of nitrogens with one attached hydrogen (secondary N) is 2. The molecule has 1 aromatic heterocycles. The van der Waals surface area contributed by atoms with E-state index in [9.17, 15) is 9.59 Å². The zero-order valence-electron chi connectivity index (χ0n) is 13.6. The second kappa shape index (κ2) is 6.55. The molecule has 0 spiro atoms. The summed E-state index contributed by atoms with van der Waals surface area (Å²) >= 11 is 0. The number of rotatable bonds is 4. The molecule has 1 atom stereocenters. The minimum Gasteiger partial charge on any atom is -0.344 e. The molecule has 0 saturated carbocycles. The van der Waals surface area contributed by atoms with Crippen molar-refractivity contribution < 1.29 is 9.59 Å². The number of tetrazole rings is 1. The molecule has 1 aromatic carbocycles. The van der Waals surface area contributed by atoms with Gasteiger partial charge in [0.2, 0.25) is 11.8 Å². The molecule has 0 fully saturated rings. The van der Waals surface area contributed by atoms with E-state index in [0.29, 0.717) is 5.69 Å². The van der Waals surface area contributed by atoms with E-state index in [4.69, 9.17) is 0 Å². The first kappa shape index (κ1) is 16.6. The Labute approximate surface area is 134 Å². The van der Waals surface area contributed by atoms with Crippen molar-refractivity contribution in [1.29, 1.82) is 0 Å². The Bertz CT molecular complexity index is 690. The minimum absolute atomic E-state index is 0.178. The molecule has 0 radical (unpaired) electrons. The number of carbonyl (C=O) groups is 2. The Morgan fingerprint density at radius 1 is 1.26 bits per heavy atom. The highest BCUT2D eigenvalue weighted by Crippen LogP contribution is 2.15. The van der Waals surface area contributed by atoms with E-state index >= 15 is 0 Å². The molecule has 8 heteroatoms. The second-order valence-electron chi connectivity index (χ2n) is 6.24. The third-order valence-corrected chi connectivity index (χ3v) is 3.15. The maximum absolute atomic E-state index is 12.2. The normalized spacial score (nSPS) is 12.5. The molecule has 0 aliphatic rings. The van der Waals surface area contributed by atoms with E-state index in [1.54, 1.807) is 45.9 Å². The van der Waals surface area contributed by atoms with Crippen LogP contribution >= 0.6 is 0 Å². The van der Waals surface area contributed by atoms with Gasteiger partial charge in [0.1, 0.15) is 12.4 Å². The van der Waals surface area contributed by atoms with Gasteiger partial charge >= 0.3 is 0 Å². The Hall–Kier alpha value is -2.77. The van der Waals surface area contributed by atoms with Crippen LogP contribution in [-0.2, 0) is 9.59 Å². The van der Waals surface area contributed by atoms with Gasteiger partial charge in [-0.25, -0.2) is 4.68 Å². The number of nitrogens with zero attached hydrogens (tertiary/aromatic N) is 4. The van der Waals surface area contributed by atoms with Crippen LogP contribution in [0, 0.1) is 5.41 Å². The average molecular weight is 316 g/mol. The van der Waals surface area contributed by atoms with Crippen LogP contribution in [0.15, 0.2) is 30.6 Å². The number of hydrogen-bond donors (Lipinski definition) is 2. The van der Waals surface area contributed by atoms with Gasteiger partial charge in [-0.15, -0.1) is 5.10 Å². The first-order valence-electron chi connectivity index (χ1n) is 7.22. The molecule has 1 unspecified atom stereocenters. The summed E-state index contributed by atoms with van der Waals surface area (Å²) in [5.41, 5.74) is 0.771. The lowest BCUT2D eigenvalue weighted by molar-refractivity contribution is -0.131. The summed E-state index contributed by atoms with van der Waals surface area (Å²) in [4.78, 5) is 24.1. The molecule has 122 valence electrons. The van der Waals surface area contributed by atoms with Crippen molar-refractivity contribution in [2.75, 3.05) is 5.32 Å². The van der Waals surface area contributed by atoms with Crippen molar-refractivity contribution in [3.63, 3.8) is 0 Å². The molecular formula is C15H20N6O2. The van der Waals surface area contributed by atoms with Crippen molar-refractivity contribution in [1.82, 2.24) is 25.5 Å². The fourth-order valence-corrected chi connectivity index (χ4v) is 1.73. The van der Waals surface area contributed by atoms with Gasteiger partial charge in [0, 0.05) is 11.1 Å². The Kier molecular flexibility index (Phi) is 4.73. The zero-order chi connectivity index (χ0) is 17.0. The van der Waals surface area contributed by atoms with Crippen LogP contribution in [0.4, 0.5) is 5.69 Å².